The molecule has 0 aromatic heterocycles. The minimum Gasteiger partial charge on any atom is -0.493 e. The molecule has 5 nitrogen and oxygen atoms in total. The zero-order valence-corrected chi connectivity index (χ0v) is 24.1. The molecule has 0 bridgehead atoms. The van der Waals surface area contributed by atoms with Crippen molar-refractivity contribution in [2.24, 2.45) is 5.92 Å². The third kappa shape index (κ3) is 6.04. The van der Waals surface area contributed by atoms with Crippen LogP contribution in [0.25, 0.3) is 0 Å². The molecule has 1 saturated heterocycles. The Morgan fingerprint density at radius 1 is 0.698 bits per heavy atom. The van der Waals surface area contributed by atoms with Crippen LogP contribution in [0.5, 0.6) is 11.5 Å². The lowest BCUT2D eigenvalue weighted by atomic mass is 9.80. The summed E-state index contributed by atoms with van der Waals surface area (Å²) in [5.74, 6) is 0.766. The lowest BCUT2D eigenvalue weighted by Crippen LogP contribution is -2.35. The van der Waals surface area contributed by atoms with Gasteiger partial charge in [-0.3, -0.25) is 4.79 Å². The number of cyclic esters (lactones) is 1. The molecular weight excluding hydrogens is 536 g/mol. The molecule has 5 aromatic rings. The molecule has 2 atom stereocenters. The number of hydrogen-bond acceptors (Lipinski definition) is 5. The van der Waals surface area contributed by atoms with Gasteiger partial charge in [-0.25, -0.2) is 0 Å². The lowest BCUT2D eigenvalue weighted by Gasteiger charge is -2.37. The van der Waals surface area contributed by atoms with E-state index in [-0.39, 0.29) is 18.3 Å². The first kappa shape index (κ1) is 28.3. The van der Waals surface area contributed by atoms with Gasteiger partial charge < -0.3 is 18.9 Å². The summed E-state index contributed by atoms with van der Waals surface area (Å²) in [4.78, 5) is 12.7. The summed E-state index contributed by atoms with van der Waals surface area (Å²) < 4.78 is 24.7. The smallest absolute Gasteiger partial charge is 0.306 e. The lowest BCUT2D eigenvalue weighted by molar-refractivity contribution is -0.141. The monoisotopic (exact) mass is 570 g/mol. The van der Waals surface area contributed by atoms with E-state index in [1.165, 1.54) is 0 Å². The maximum Gasteiger partial charge on any atom is 0.306 e. The van der Waals surface area contributed by atoms with Crippen molar-refractivity contribution in [3.63, 3.8) is 0 Å². The Balaban J connectivity index is 1.30. The van der Waals surface area contributed by atoms with E-state index in [0.717, 1.165) is 27.8 Å². The molecule has 0 radical (unpaired) electrons. The quantitative estimate of drug-likeness (QED) is 0.119. The highest BCUT2D eigenvalue weighted by Gasteiger charge is 2.42. The van der Waals surface area contributed by atoms with Gasteiger partial charge in [0.25, 0.3) is 0 Å². The highest BCUT2D eigenvalue weighted by molar-refractivity contribution is 5.72. The zero-order valence-electron chi connectivity index (χ0n) is 24.1. The number of ether oxygens (including phenoxy) is 4. The first-order chi connectivity index (χ1) is 21.2. The fourth-order valence-corrected chi connectivity index (χ4v) is 5.81. The van der Waals surface area contributed by atoms with Gasteiger partial charge in [0, 0.05) is 5.92 Å². The van der Waals surface area contributed by atoms with E-state index in [9.17, 15) is 4.79 Å². The molecule has 0 N–H and O–H groups in total. The predicted molar refractivity (Wildman–Crippen MR) is 166 cm³/mol. The van der Waals surface area contributed by atoms with Gasteiger partial charge in [-0.1, -0.05) is 127 Å². The van der Waals surface area contributed by atoms with E-state index < -0.39 is 11.7 Å². The Bertz CT molecular complexity index is 1520. The average Bonchev–Trinajstić information content (AvgIpc) is 3.46. The zero-order chi connectivity index (χ0) is 29.5. The SMILES string of the molecule is COc1cc([C@H]2OC(=O)C[C@H]2COC(c2ccccc2)(c2ccccc2)c2ccccc2)ccc1OCc1ccccc1. The molecule has 5 heteroatoms. The number of methoxy groups -OCH3 is 1. The van der Waals surface area contributed by atoms with Crippen molar-refractivity contribution in [3.05, 3.63) is 167 Å². The molecule has 0 spiro atoms. The van der Waals surface area contributed by atoms with Crippen LogP contribution in [0.2, 0.25) is 0 Å². The van der Waals surface area contributed by atoms with Gasteiger partial charge in [0.1, 0.15) is 18.3 Å². The number of hydrogen-bond donors (Lipinski definition) is 0. The van der Waals surface area contributed by atoms with Crippen molar-refractivity contribution in [2.75, 3.05) is 13.7 Å². The first-order valence-electron chi connectivity index (χ1n) is 14.5. The summed E-state index contributed by atoms with van der Waals surface area (Å²) in [6, 6.07) is 46.4. The van der Waals surface area contributed by atoms with E-state index in [1.54, 1.807) is 7.11 Å². The van der Waals surface area contributed by atoms with Crippen LogP contribution in [0.4, 0.5) is 0 Å². The Hall–Kier alpha value is -4.87. The average molecular weight is 571 g/mol. The molecule has 43 heavy (non-hydrogen) atoms. The predicted octanol–water partition coefficient (Wildman–Crippen LogP) is 7.89. The van der Waals surface area contributed by atoms with Crippen LogP contribution in [0, 0.1) is 5.92 Å². The Morgan fingerprint density at radius 3 is 1.77 bits per heavy atom. The molecule has 6 rings (SSSR count). The number of carbonyl (C=O) groups excluding carboxylic acids is 1. The van der Waals surface area contributed by atoms with Crippen molar-refractivity contribution >= 4 is 5.97 Å². The van der Waals surface area contributed by atoms with E-state index in [1.807, 2.05) is 103 Å². The molecule has 0 amide bonds. The van der Waals surface area contributed by atoms with Crippen molar-refractivity contribution in [1.82, 2.24) is 0 Å². The van der Waals surface area contributed by atoms with E-state index in [2.05, 4.69) is 36.4 Å². The number of carbonyl (C=O) groups is 1. The minimum atomic E-state index is -0.882. The van der Waals surface area contributed by atoms with Crippen molar-refractivity contribution in [2.45, 2.75) is 24.7 Å². The van der Waals surface area contributed by atoms with Gasteiger partial charge in [-0.2, -0.15) is 0 Å². The normalized spacial score (nSPS) is 16.4. The summed E-state index contributed by atoms with van der Waals surface area (Å²) in [7, 11) is 1.61. The molecular formula is C38H34O5. The summed E-state index contributed by atoms with van der Waals surface area (Å²) in [6.45, 7) is 0.718. The Kier molecular flexibility index (Phi) is 8.52. The molecule has 0 unspecified atom stereocenters. The second-order valence-electron chi connectivity index (χ2n) is 10.6. The second-order valence-corrected chi connectivity index (χ2v) is 10.6. The molecule has 1 aliphatic rings. The molecule has 0 saturated carbocycles. The topological polar surface area (TPSA) is 54.0 Å². The van der Waals surface area contributed by atoms with Crippen LogP contribution in [-0.4, -0.2) is 19.7 Å². The van der Waals surface area contributed by atoms with Gasteiger partial charge >= 0.3 is 5.97 Å². The summed E-state index contributed by atoms with van der Waals surface area (Å²) in [6.07, 6.45) is -0.224. The van der Waals surface area contributed by atoms with Crippen LogP contribution in [0.3, 0.4) is 0 Å². The van der Waals surface area contributed by atoms with Gasteiger partial charge in [-0.05, 0) is 39.9 Å². The Labute approximate surface area is 252 Å². The third-order valence-electron chi connectivity index (χ3n) is 7.92. The second kappa shape index (κ2) is 13.0. The van der Waals surface area contributed by atoms with Crippen LogP contribution in [-0.2, 0) is 26.5 Å². The number of benzene rings is 5. The van der Waals surface area contributed by atoms with E-state index in [4.69, 9.17) is 18.9 Å². The number of rotatable bonds is 11. The van der Waals surface area contributed by atoms with Crippen LogP contribution in [0.1, 0.15) is 40.3 Å². The summed E-state index contributed by atoms with van der Waals surface area (Å²) >= 11 is 0. The fourth-order valence-electron chi connectivity index (χ4n) is 5.81. The van der Waals surface area contributed by atoms with Crippen molar-refractivity contribution in [3.8, 4) is 11.5 Å². The minimum absolute atomic E-state index is 0.205. The standard InChI is InChI=1S/C38H34O5/c1-40-35-24-29(22-23-34(35)41-26-28-14-6-2-7-15-28)37-30(25-36(39)43-37)27-42-38(31-16-8-3-9-17-31,32-18-10-4-11-19-32)33-20-12-5-13-21-33/h2-24,30,37H,25-27H2,1H3/t30-,37+/m0/s1. The van der Waals surface area contributed by atoms with E-state index in [0.29, 0.717) is 24.7 Å². The first-order valence-corrected chi connectivity index (χ1v) is 14.5. The van der Waals surface area contributed by atoms with Gasteiger partial charge in [-0.15, -0.1) is 0 Å². The van der Waals surface area contributed by atoms with E-state index >= 15 is 0 Å². The molecule has 0 aliphatic carbocycles. The summed E-state index contributed by atoms with van der Waals surface area (Å²) in [5.41, 5.74) is 4.05. The fraction of sp³-hybridized carbons (Fsp3) is 0.184. The van der Waals surface area contributed by atoms with Crippen LogP contribution in [0.15, 0.2) is 140 Å². The molecule has 1 fully saturated rings. The van der Waals surface area contributed by atoms with Gasteiger partial charge in [0.2, 0.25) is 0 Å². The van der Waals surface area contributed by atoms with Gasteiger partial charge in [0.05, 0.1) is 20.1 Å². The maximum absolute atomic E-state index is 12.7. The number of esters is 1. The molecule has 1 heterocycles. The third-order valence-corrected chi connectivity index (χ3v) is 7.92. The molecule has 216 valence electrons. The maximum atomic E-state index is 12.7. The van der Waals surface area contributed by atoms with Gasteiger partial charge in [0.15, 0.2) is 11.5 Å². The Morgan fingerprint density at radius 2 is 1.23 bits per heavy atom. The van der Waals surface area contributed by atoms with Crippen LogP contribution < -0.4 is 9.47 Å². The summed E-state index contributed by atoms with van der Waals surface area (Å²) in [5, 5.41) is 0. The van der Waals surface area contributed by atoms with Crippen molar-refractivity contribution in [1.29, 1.82) is 0 Å². The van der Waals surface area contributed by atoms with Crippen molar-refractivity contribution < 1.29 is 23.7 Å². The highest BCUT2D eigenvalue weighted by atomic mass is 16.6. The largest absolute Gasteiger partial charge is 0.493 e. The molecule has 5 aromatic carbocycles. The highest BCUT2D eigenvalue weighted by Crippen LogP contribution is 2.44. The molecule has 1 aliphatic heterocycles. The van der Waals surface area contributed by atoms with Crippen LogP contribution >= 0.6 is 0 Å².